The molecule has 0 spiro atoms. The van der Waals surface area contributed by atoms with Crippen molar-refractivity contribution in [1.29, 1.82) is 0 Å². The molecule has 0 aliphatic carbocycles. The summed E-state index contributed by atoms with van der Waals surface area (Å²) in [6.07, 6.45) is 0. The maximum atomic E-state index is 13.6. The highest BCUT2D eigenvalue weighted by molar-refractivity contribution is 8.00. The Balaban J connectivity index is 1.15. The van der Waals surface area contributed by atoms with E-state index in [2.05, 4.69) is 53.7 Å². The number of piperazine rings is 1. The summed E-state index contributed by atoms with van der Waals surface area (Å²) < 4.78 is 2.17. The summed E-state index contributed by atoms with van der Waals surface area (Å²) in [5, 5.41) is 10.0. The van der Waals surface area contributed by atoms with Gasteiger partial charge in [-0.3, -0.25) is 9.59 Å². The third kappa shape index (κ3) is 5.93. The molecule has 1 saturated heterocycles. The predicted molar refractivity (Wildman–Crippen MR) is 176 cm³/mol. The molecule has 3 aromatic carbocycles. The van der Waals surface area contributed by atoms with Crippen LogP contribution >= 0.6 is 11.8 Å². The van der Waals surface area contributed by atoms with Crippen molar-refractivity contribution in [1.82, 2.24) is 29.5 Å². The Morgan fingerprint density at radius 3 is 2.34 bits per heavy atom. The maximum absolute atomic E-state index is 13.6. The number of carbonyl (C=O) groups excluding carboxylic acids is 2. The van der Waals surface area contributed by atoms with Gasteiger partial charge in [0.15, 0.2) is 5.65 Å². The van der Waals surface area contributed by atoms with Crippen molar-refractivity contribution >= 4 is 45.6 Å². The van der Waals surface area contributed by atoms with Crippen LogP contribution in [0.1, 0.15) is 56.1 Å². The van der Waals surface area contributed by atoms with Crippen LogP contribution in [0, 0.1) is 0 Å². The Labute approximate surface area is 262 Å². The second-order valence-corrected chi connectivity index (χ2v) is 13.9. The third-order valence-corrected chi connectivity index (χ3v) is 9.30. The summed E-state index contributed by atoms with van der Waals surface area (Å²) in [6, 6.07) is 26.2. The predicted octanol–water partition coefficient (Wildman–Crippen LogP) is 6.18. The van der Waals surface area contributed by atoms with Crippen molar-refractivity contribution in [2.45, 2.75) is 63.0 Å². The first-order chi connectivity index (χ1) is 21.1. The zero-order chi connectivity index (χ0) is 31.0. The molecule has 8 nitrogen and oxygen atoms in total. The van der Waals surface area contributed by atoms with Crippen LogP contribution in [0.2, 0.25) is 0 Å². The van der Waals surface area contributed by atoms with E-state index in [1.807, 2.05) is 84.3 Å². The number of nitrogens with zero attached hydrogens (tertiary/aromatic N) is 6. The quantitative estimate of drug-likeness (QED) is 0.215. The molecule has 0 radical (unpaired) electrons. The van der Waals surface area contributed by atoms with Gasteiger partial charge in [0.2, 0.25) is 11.1 Å². The van der Waals surface area contributed by atoms with Gasteiger partial charge in [-0.25, -0.2) is 4.98 Å². The molecule has 0 saturated carbocycles. The molecular weight excluding hydrogens is 568 g/mol. The molecule has 1 fully saturated rings. The smallest absolute Gasteiger partial charge is 0.254 e. The molecule has 3 heterocycles. The monoisotopic (exact) mass is 606 g/mol. The van der Waals surface area contributed by atoms with Gasteiger partial charge in [-0.1, -0.05) is 93.2 Å². The Morgan fingerprint density at radius 2 is 1.64 bits per heavy atom. The first-order valence-corrected chi connectivity index (χ1v) is 16.0. The second-order valence-electron chi connectivity index (χ2n) is 12.6. The summed E-state index contributed by atoms with van der Waals surface area (Å²) >= 11 is 1.32. The standard InChI is InChI=1S/C35H38N6O2S/c1-23-21-39(19-20-40(23)33(43)26-15-17-27(18-16-26)35(3,4)5)32(42)24(2)44-34-36-31-30(37-38-34)28-13-9-10-14-29(28)41(31)22-25-11-7-6-8-12-25/h6-18,23-24H,19-22H2,1-5H3. The van der Waals surface area contributed by atoms with Crippen molar-refractivity contribution in [3.05, 3.63) is 95.6 Å². The zero-order valence-corrected chi connectivity index (χ0v) is 26.7. The Bertz CT molecular complexity index is 1810. The van der Waals surface area contributed by atoms with Crippen molar-refractivity contribution in [3.63, 3.8) is 0 Å². The highest BCUT2D eigenvalue weighted by Crippen LogP contribution is 2.30. The number of rotatable bonds is 6. The molecule has 0 bridgehead atoms. The van der Waals surface area contributed by atoms with Crippen molar-refractivity contribution < 1.29 is 9.59 Å². The van der Waals surface area contributed by atoms with E-state index in [-0.39, 0.29) is 23.3 Å². The highest BCUT2D eigenvalue weighted by Gasteiger charge is 2.33. The van der Waals surface area contributed by atoms with Crippen LogP contribution in [-0.2, 0) is 16.8 Å². The average molecular weight is 607 g/mol. The topological polar surface area (TPSA) is 84.2 Å². The molecule has 2 atom stereocenters. The summed E-state index contributed by atoms with van der Waals surface area (Å²) in [5.74, 6) is 0.0168. The van der Waals surface area contributed by atoms with Crippen LogP contribution in [0.25, 0.3) is 22.1 Å². The summed E-state index contributed by atoms with van der Waals surface area (Å²) in [4.78, 5) is 35.5. The van der Waals surface area contributed by atoms with Gasteiger partial charge >= 0.3 is 0 Å². The molecule has 44 heavy (non-hydrogen) atoms. The van der Waals surface area contributed by atoms with Crippen LogP contribution in [0.4, 0.5) is 0 Å². The molecule has 2 amide bonds. The van der Waals surface area contributed by atoms with E-state index < -0.39 is 5.25 Å². The number of hydrogen-bond donors (Lipinski definition) is 0. The lowest BCUT2D eigenvalue weighted by Gasteiger charge is -2.40. The zero-order valence-electron chi connectivity index (χ0n) is 25.9. The van der Waals surface area contributed by atoms with Crippen molar-refractivity contribution in [2.24, 2.45) is 0 Å². The molecule has 6 rings (SSSR count). The van der Waals surface area contributed by atoms with Gasteiger partial charge in [0.05, 0.1) is 10.8 Å². The molecule has 1 aliphatic heterocycles. The summed E-state index contributed by atoms with van der Waals surface area (Å²) in [5.41, 5.74) is 5.62. The Kier molecular flexibility index (Phi) is 8.16. The van der Waals surface area contributed by atoms with Gasteiger partial charge < -0.3 is 14.4 Å². The molecule has 0 N–H and O–H groups in total. The maximum Gasteiger partial charge on any atom is 0.254 e. The van der Waals surface area contributed by atoms with E-state index in [1.165, 1.54) is 22.9 Å². The number of carbonyl (C=O) groups is 2. The van der Waals surface area contributed by atoms with E-state index >= 15 is 0 Å². The van der Waals surface area contributed by atoms with E-state index in [4.69, 9.17) is 4.98 Å². The van der Waals surface area contributed by atoms with E-state index in [1.54, 1.807) is 0 Å². The summed E-state index contributed by atoms with van der Waals surface area (Å²) in [7, 11) is 0. The van der Waals surface area contributed by atoms with Crippen LogP contribution in [-0.4, -0.2) is 72.3 Å². The normalized spacial score (nSPS) is 16.4. The van der Waals surface area contributed by atoms with Crippen molar-refractivity contribution in [2.75, 3.05) is 19.6 Å². The second kappa shape index (κ2) is 12.0. The fraction of sp³-hybridized carbons (Fsp3) is 0.343. The summed E-state index contributed by atoms with van der Waals surface area (Å²) in [6.45, 7) is 12.5. The van der Waals surface area contributed by atoms with E-state index in [0.717, 1.165) is 22.1 Å². The van der Waals surface area contributed by atoms with Crippen LogP contribution < -0.4 is 0 Å². The first kappa shape index (κ1) is 29.8. The van der Waals surface area contributed by atoms with Gasteiger partial charge in [-0.2, -0.15) is 0 Å². The largest absolute Gasteiger partial charge is 0.338 e. The number of para-hydroxylation sites is 1. The van der Waals surface area contributed by atoms with Crippen molar-refractivity contribution in [3.8, 4) is 0 Å². The fourth-order valence-corrected chi connectivity index (χ4v) is 6.66. The van der Waals surface area contributed by atoms with Gasteiger partial charge in [0.25, 0.3) is 5.91 Å². The number of hydrogen-bond acceptors (Lipinski definition) is 6. The highest BCUT2D eigenvalue weighted by atomic mass is 32.2. The minimum atomic E-state index is -0.402. The molecule has 9 heteroatoms. The lowest BCUT2D eigenvalue weighted by molar-refractivity contribution is -0.132. The molecule has 5 aromatic rings. The molecule has 226 valence electrons. The van der Waals surface area contributed by atoms with Gasteiger partial charge in [-0.05, 0) is 48.6 Å². The SMILES string of the molecule is CC(Sc1nnc2c3ccccc3n(Cc3ccccc3)c2n1)C(=O)N1CCN(C(=O)c2ccc(C(C)(C)C)cc2)C(C)C1. The molecule has 1 aliphatic rings. The molecule has 2 unspecified atom stereocenters. The lowest BCUT2D eigenvalue weighted by Crippen LogP contribution is -2.56. The van der Waals surface area contributed by atoms with Gasteiger partial charge in [0, 0.05) is 43.2 Å². The van der Waals surface area contributed by atoms with Crippen LogP contribution in [0.15, 0.2) is 84.0 Å². The number of amides is 2. The van der Waals surface area contributed by atoms with E-state index in [0.29, 0.717) is 36.9 Å². The fourth-order valence-electron chi connectivity index (χ4n) is 5.87. The van der Waals surface area contributed by atoms with Gasteiger partial charge in [0.1, 0.15) is 5.52 Å². The Hall–Kier alpha value is -4.24. The molecular formula is C35H38N6O2S. The number of thioether (sulfide) groups is 1. The van der Waals surface area contributed by atoms with Crippen LogP contribution in [0.3, 0.4) is 0 Å². The number of benzene rings is 3. The first-order valence-electron chi connectivity index (χ1n) is 15.1. The van der Waals surface area contributed by atoms with Gasteiger partial charge in [-0.15, -0.1) is 10.2 Å². The van der Waals surface area contributed by atoms with Crippen LogP contribution in [0.5, 0.6) is 0 Å². The molecule has 2 aromatic heterocycles. The minimum Gasteiger partial charge on any atom is -0.338 e. The number of fused-ring (bicyclic) bond motifs is 3. The number of aromatic nitrogens is 4. The Morgan fingerprint density at radius 1 is 0.932 bits per heavy atom. The minimum absolute atomic E-state index is 0.00569. The lowest BCUT2D eigenvalue weighted by atomic mass is 9.86. The van der Waals surface area contributed by atoms with E-state index in [9.17, 15) is 9.59 Å². The third-order valence-electron chi connectivity index (χ3n) is 8.37. The average Bonchev–Trinajstić information content (AvgIpc) is 3.33.